The lowest BCUT2D eigenvalue weighted by atomic mass is 10.1. The van der Waals surface area contributed by atoms with Gasteiger partial charge in [0.15, 0.2) is 6.61 Å². The van der Waals surface area contributed by atoms with Crippen LogP contribution < -0.4 is 14.8 Å². The van der Waals surface area contributed by atoms with E-state index in [1.54, 1.807) is 31.4 Å². The molecule has 3 aromatic rings. The fraction of sp³-hybridized carbons (Fsp3) is 0.211. The molecule has 3 rings (SSSR count). The molecule has 0 spiro atoms. The van der Waals surface area contributed by atoms with Crippen LogP contribution in [0.25, 0.3) is 11.5 Å². The number of methoxy groups -OCH3 is 1. The quantitative estimate of drug-likeness (QED) is 0.669. The Hall–Kier alpha value is -3.35. The van der Waals surface area contributed by atoms with E-state index in [1.165, 1.54) is 6.39 Å². The van der Waals surface area contributed by atoms with Gasteiger partial charge in [0.25, 0.3) is 5.91 Å². The maximum atomic E-state index is 11.9. The molecule has 0 radical (unpaired) electrons. The van der Waals surface area contributed by atoms with Crippen molar-refractivity contribution in [1.82, 2.24) is 15.5 Å². The van der Waals surface area contributed by atoms with Crippen molar-refractivity contribution in [3.05, 3.63) is 60.5 Å². The Labute approximate surface area is 151 Å². The number of ether oxygens (including phenoxy) is 2. The lowest BCUT2D eigenvalue weighted by Gasteiger charge is -2.08. The smallest absolute Gasteiger partial charge is 0.257 e. The third kappa shape index (κ3) is 4.83. The zero-order valence-corrected chi connectivity index (χ0v) is 14.3. The molecule has 1 aromatic heterocycles. The van der Waals surface area contributed by atoms with Gasteiger partial charge in [-0.3, -0.25) is 4.79 Å². The van der Waals surface area contributed by atoms with Gasteiger partial charge in [0.1, 0.15) is 11.5 Å². The average molecular weight is 353 g/mol. The molecule has 0 unspecified atom stereocenters. The van der Waals surface area contributed by atoms with E-state index >= 15 is 0 Å². The summed E-state index contributed by atoms with van der Waals surface area (Å²) in [6.07, 6.45) is 2.02. The van der Waals surface area contributed by atoms with Gasteiger partial charge in [-0.15, -0.1) is 10.2 Å². The molecule has 0 fully saturated rings. The Kier molecular flexibility index (Phi) is 5.82. The van der Waals surface area contributed by atoms with Crippen LogP contribution in [0, 0.1) is 0 Å². The highest BCUT2D eigenvalue weighted by Crippen LogP contribution is 2.20. The molecule has 26 heavy (non-hydrogen) atoms. The molecular weight excluding hydrogens is 334 g/mol. The van der Waals surface area contributed by atoms with Crippen molar-refractivity contribution in [2.45, 2.75) is 6.42 Å². The number of hydrogen-bond acceptors (Lipinski definition) is 6. The molecular formula is C19H19N3O4. The van der Waals surface area contributed by atoms with E-state index in [0.717, 1.165) is 23.3 Å². The van der Waals surface area contributed by atoms with Crippen LogP contribution in [0.15, 0.2) is 59.3 Å². The first kappa shape index (κ1) is 17.5. The standard InChI is InChI=1S/C19H19N3O4/c1-24-16-6-2-14(3-7-16)10-11-20-18(23)12-25-17-8-4-15(5-9-17)19-22-21-13-26-19/h2-9,13H,10-12H2,1H3,(H,20,23). The van der Waals surface area contributed by atoms with E-state index in [-0.39, 0.29) is 12.5 Å². The van der Waals surface area contributed by atoms with Crippen LogP contribution in [0.1, 0.15) is 5.56 Å². The van der Waals surface area contributed by atoms with E-state index in [9.17, 15) is 4.79 Å². The zero-order chi connectivity index (χ0) is 18.2. The Balaban J connectivity index is 1.39. The summed E-state index contributed by atoms with van der Waals surface area (Å²) in [6.45, 7) is 0.507. The number of carbonyl (C=O) groups excluding carboxylic acids is 1. The summed E-state index contributed by atoms with van der Waals surface area (Å²) < 4.78 is 15.7. The summed E-state index contributed by atoms with van der Waals surface area (Å²) in [5.74, 6) is 1.68. The van der Waals surface area contributed by atoms with Gasteiger partial charge >= 0.3 is 0 Å². The van der Waals surface area contributed by atoms with Crippen molar-refractivity contribution >= 4 is 5.91 Å². The van der Waals surface area contributed by atoms with E-state index in [0.29, 0.717) is 18.2 Å². The van der Waals surface area contributed by atoms with Gasteiger partial charge in [-0.1, -0.05) is 12.1 Å². The number of benzene rings is 2. The predicted octanol–water partition coefficient (Wildman–Crippen LogP) is 2.48. The third-order valence-corrected chi connectivity index (χ3v) is 3.73. The summed E-state index contributed by atoms with van der Waals surface area (Å²) in [5, 5.41) is 10.3. The van der Waals surface area contributed by atoms with Gasteiger partial charge in [-0.05, 0) is 48.4 Å². The molecule has 1 heterocycles. The van der Waals surface area contributed by atoms with Crippen LogP contribution in [-0.2, 0) is 11.2 Å². The third-order valence-electron chi connectivity index (χ3n) is 3.73. The van der Waals surface area contributed by atoms with Crippen molar-refractivity contribution in [3.8, 4) is 23.0 Å². The van der Waals surface area contributed by atoms with Crippen LogP contribution in [0.5, 0.6) is 11.5 Å². The number of carbonyl (C=O) groups is 1. The second-order valence-electron chi connectivity index (χ2n) is 5.50. The van der Waals surface area contributed by atoms with Gasteiger partial charge in [0.05, 0.1) is 7.11 Å². The molecule has 134 valence electrons. The van der Waals surface area contributed by atoms with E-state index in [4.69, 9.17) is 13.9 Å². The van der Waals surface area contributed by atoms with Crippen molar-refractivity contribution in [3.63, 3.8) is 0 Å². The molecule has 0 bridgehead atoms. The largest absolute Gasteiger partial charge is 0.497 e. The Morgan fingerprint density at radius 2 is 1.81 bits per heavy atom. The monoisotopic (exact) mass is 353 g/mol. The molecule has 7 nitrogen and oxygen atoms in total. The van der Waals surface area contributed by atoms with Crippen molar-refractivity contribution in [2.24, 2.45) is 0 Å². The molecule has 0 saturated heterocycles. The predicted molar refractivity (Wildman–Crippen MR) is 94.9 cm³/mol. The maximum absolute atomic E-state index is 11.9. The van der Waals surface area contributed by atoms with Crippen molar-refractivity contribution in [1.29, 1.82) is 0 Å². The van der Waals surface area contributed by atoms with Gasteiger partial charge < -0.3 is 19.2 Å². The van der Waals surface area contributed by atoms with Crippen LogP contribution in [-0.4, -0.2) is 36.4 Å². The fourth-order valence-corrected chi connectivity index (χ4v) is 2.33. The molecule has 1 N–H and O–H groups in total. The molecule has 7 heteroatoms. The fourth-order valence-electron chi connectivity index (χ4n) is 2.33. The van der Waals surface area contributed by atoms with Crippen LogP contribution in [0.4, 0.5) is 0 Å². The average Bonchev–Trinajstić information content (AvgIpc) is 3.22. The lowest BCUT2D eigenvalue weighted by molar-refractivity contribution is -0.123. The van der Waals surface area contributed by atoms with Crippen LogP contribution >= 0.6 is 0 Å². The van der Waals surface area contributed by atoms with Gasteiger partial charge in [0.2, 0.25) is 12.3 Å². The highest BCUT2D eigenvalue weighted by Gasteiger charge is 2.05. The molecule has 1 amide bonds. The second-order valence-corrected chi connectivity index (χ2v) is 5.50. The van der Waals surface area contributed by atoms with Gasteiger partial charge in [0, 0.05) is 12.1 Å². The Morgan fingerprint density at radius 1 is 1.08 bits per heavy atom. The lowest BCUT2D eigenvalue weighted by Crippen LogP contribution is -2.30. The highest BCUT2D eigenvalue weighted by atomic mass is 16.5. The number of nitrogens with one attached hydrogen (secondary N) is 1. The minimum atomic E-state index is -0.167. The summed E-state index contributed by atoms with van der Waals surface area (Å²) in [7, 11) is 1.63. The molecule has 0 aliphatic carbocycles. The summed E-state index contributed by atoms with van der Waals surface area (Å²) in [5.41, 5.74) is 1.92. The molecule has 0 aliphatic rings. The van der Waals surface area contributed by atoms with Gasteiger partial charge in [-0.2, -0.15) is 0 Å². The number of nitrogens with zero attached hydrogens (tertiary/aromatic N) is 2. The minimum Gasteiger partial charge on any atom is -0.497 e. The zero-order valence-electron chi connectivity index (χ0n) is 14.3. The first-order valence-corrected chi connectivity index (χ1v) is 8.13. The molecule has 0 atom stereocenters. The van der Waals surface area contributed by atoms with E-state index in [1.807, 2.05) is 24.3 Å². The normalized spacial score (nSPS) is 10.3. The van der Waals surface area contributed by atoms with Crippen molar-refractivity contribution in [2.75, 3.05) is 20.3 Å². The SMILES string of the molecule is COc1ccc(CCNC(=O)COc2ccc(-c3nnco3)cc2)cc1. The minimum absolute atomic E-state index is 0.0392. The maximum Gasteiger partial charge on any atom is 0.257 e. The van der Waals surface area contributed by atoms with E-state index in [2.05, 4.69) is 15.5 Å². The first-order chi connectivity index (χ1) is 12.7. The molecule has 2 aromatic carbocycles. The topological polar surface area (TPSA) is 86.5 Å². The van der Waals surface area contributed by atoms with Crippen LogP contribution in [0.2, 0.25) is 0 Å². The summed E-state index contributed by atoms with van der Waals surface area (Å²) >= 11 is 0. The Morgan fingerprint density at radius 3 is 2.46 bits per heavy atom. The van der Waals surface area contributed by atoms with E-state index < -0.39 is 0 Å². The first-order valence-electron chi connectivity index (χ1n) is 8.13. The highest BCUT2D eigenvalue weighted by molar-refractivity contribution is 5.77. The number of hydrogen-bond donors (Lipinski definition) is 1. The van der Waals surface area contributed by atoms with Crippen LogP contribution in [0.3, 0.4) is 0 Å². The second kappa shape index (κ2) is 8.66. The molecule has 0 aliphatic heterocycles. The van der Waals surface area contributed by atoms with Gasteiger partial charge in [-0.25, -0.2) is 0 Å². The molecule has 0 saturated carbocycles. The summed E-state index contributed by atoms with van der Waals surface area (Å²) in [4.78, 5) is 11.9. The number of aromatic nitrogens is 2. The number of rotatable bonds is 8. The number of amides is 1. The summed E-state index contributed by atoms with van der Waals surface area (Å²) in [6, 6.07) is 14.9. The van der Waals surface area contributed by atoms with Crippen molar-refractivity contribution < 1.29 is 18.7 Å². The Bertz CT molecular complexity index is 815.